The monoisotopic (exact) mass is 338 g/mol. The summed E-state index contributed by atoms with van der Waals surface area (Å²) in [5.74, 6) is -0.0152. The fourth-order valence-electron chi connectivity index (χ4n) is 4.04. The topological polar surface area (TPSA) is 65.1 Å². The number of piperidine rings is 1. The van der Waals surface area contributed by atoms with Crippen molar-refractivity contribution in [3.8, 4) is 0 Å². The Morgan fingerprint density at radius 1 is 1.08 bits per heavy atom. The lowest BCUT2D eigenvalue weighted by molar-refractivity contribution is -0.124. The summed E-state index contributed by atoms with van der Waals surface area (Å²) in [6.07, 6.45) is 4.06. The minimum atomic E-state index is -0.341. The van der Waals surface area contributed by atoms with Crippen LogP contribution in [0.5, 0.6) is 0 Å². The van der Waals surface area contributed by atoms with Crippen molar-refractivity contribution < 1.29 is 14.3 Å². The Hall–Kier alpha value is -1.34. The largest absolute Gasteiger partial charge is 0.379 e. The van der Waals surface area contributed by atoms with Crippen LogP contribution in [0.3, 0.4) is 0 Å². The number of likely N-dealkylation sites (tertiary alicyclic amines) is 2. The van der Waals surface area contributed by atoms with Crippen molar-refractivity contribution in [3.05, 3.63) is 0 Å². The molecule has 3 saturated heterocycles. The van der Waals surface area contributed by atoms with Gasteiger partial charge in [0, 0.05) is 45.3 Å². The molecule has 24 heavy (non-hydrogen) atoms. The minimum Gasteiger partial charge on any atom is -0.379 e. The van der Waals surface area contributed by atoms with E-state index in [0.29, 0.717) is 13.1 Å². The summed E-state index contributed by atoms with van der Waals surface area (Å²) >= 11 is 0. The van der Waals surface area contributed by atoms with Crippen molar-refractivity contribution in [1.82, 2.24) is 20.0 Å². The fourth-order valence-corrected chi connectivity index (χ4v) is 4.04. The van der Waals surface area contributed by atoms with Gasteiger partial charge in [-0.3, -0.25) is 9.69 Å². The molecule has 3 heterocycles. The van der Waals surface area contributed by atoms with E-state index in [1.54, 1.807) is 0 Å². The first-order chi connectivity index (χ1) is 11.7. The van der Waals surface area contributed by atoms with Crippen LogP contribution in [0.4, 0.5) is 4.79 Å². The molecule has 3 aliphatic heterocycles. The molecule has 3 amide bonds. The Morgan fingerprint density at radius 3 is 2.46 bits per heavy atom. The molecule has 0 aromatic carbocycles. The molecule has 0 saturated carbocycles. The van der Waals surface area contributed by atoms with Crippen molar-refractivity contribution >= 4 is 11.9 Å². The predicted octanol–water partition coefficient (Wildman–Crippen LogP) is 0.504. The Bertz CT molecular complexity index is 447. The third-order valence-corrected chi connectivity index (χ3v) is 5.37. The second kappa shape index (κ2) is 8.16. The molecule has 2 atom stereocenters. The van der Waals surface area contributed by atoms with E-state index >= 15 is 0 Å². The number of ether oxygens (including phenoxy) is 1. The van der Waals surface area contributed by atoms with Crippen molar-refractivity contribution in [2.75, 3.05) is 52.5 Å². The summed E-state index contributed by atoms with van der Waals surface area (Å²) in [5, 5.41) is 2.90. The standard InChI is InChI=1S/C17H30N4O3/c1-2-18-16(22)15-12-14(19-8-10-24-11-9-19)13-21(15)17(23)20-6-4-3-5-7-20/h14-15H,2-13H2,1H3,(H,18,22). The van der Waals surface area contributed by atoms with Crippen molar-refractivity contribution in [2.24, 2.45) is 0 Å². The number of hydrogen-bond donors (Lipinski definition) is 1. The van der Waals surface area contributed by atoms with Gasteiger partial charge in [0.25, 0.3) is 0 Å². The van der Waals surface area contributed by atoms with Gasteiger partial charge in [-0.15, -0.1) is 0 Å². The number of rotatable bonds is 3. The molecule has 2 unspecified atom stereocenters. The van der Waals surface area contributed by atoms with Crippen molar-refractivity contribution in [1.29, 1.82) is 0 Å². The van der Waals surface area contributed by atoms with Crippen molar-refractivity contribution in [2.45, 2.75) is 44.7 Å². The number of hydrogen-bond acceptors (Lipinski definition) is 4. The molecule has 0 aliphatic carbocycles. The van der Waals surface area contributed by atoms with Crippen LogP contribution in [0.25, 0.3) is 0 Å². The Balaban J connectivity index is 1.70. The van der Waals surface area contributed by atoms with E-state index in [2.05, 4.69) is 10.2 Å². The number of likely N-dealkylation sites (N-methyl/N-ethyl adjacent to an activating group) is 1. The normalized spacial score (nSPS) is 28.9. The number of morpholine rings is 1. The van der Waals surface area contributed by atoms with E-state index in [-0.39, 0.29) is 24.0 Å². The molecule has 7 nitrogen and oxygen atoms in total. The average molecular weight is 338 g/mol. The summed E-state index contributed by atoms with van der Waals surface area (Å²) in [5.41, 5.74) is 0. The summed E-state index contributed by atoms with van der Waals surface area (Å²) in [6.45, 7) is 8.06. The highest BCUT2D eigenvalue weighted by Crippen LogP contribution is 2.25. The van der Waals surface area contributed by atoms with Crippen LogP contribution in [0.1, 0.15) is 32.6 Å². The van der Waals surface area contributed by atoms with Gasteiger partial charge in [-0.05, 0) is 32.6 Å². The zero-order valence-corrected chi connectivity index (χ0v) is 14.7. The lowest BCUT2D eigenvalue weighted by Crippen LogP contribution is -2.52. The number of urea groups is 1. The van der Waals surface area contributed by atoms with Crippen LogP contribution in [0.2, 0.25) is 0 Å². The number of amides is 3. The quantitative estimate of drug-likeness (QED) is 0.814. The molecular formula is C17H30N4O3. The predicted molar refractivity (Wildman–Crippen MR) is 90.8 cm³/mol. The van der Waals surface area contributed by atoms with Crippen LogP contribution in [-0.2, 0) is 9.53 Å². The second-order valence-corrected chi connectivity index (χ2v) is 6.93. The lowest BCUT2D eigenvalue weighted by Gasteiger charge is -2.34. The molecule has 0 aromatic rings. The first-order valence-corrected chi connectivity index (χ1v) is 9.35. The third-order valence-electron chi connectivity index (χ3n) is 5.37. The van der Waals surface area contributed by atoms with E-state index in [4.69, 9.17) is 4.74 Å². The zero-order valence-electron chi connectivity index (χ0n) is 14.7. The number of nitrogens with zero attached hydrogens (tertiary/aromatic N) is 3. The molecule has 0 spiro atoms. The maximum atomic E-state index is 13.0. The van der Waals surface area contributed by atoms with Gasteiger partial charge < -0.3 is 19.9 Å². The molecule has 3 fully saturated rings. The molecule has 1 N–H and O–H groups in total. The van der Waals surface area contributed by atoms with E-state index in [1.165, 1.54) is 6.42 Å². The Morgan fingerprint density at radius 2 is 1.79 bits per heavy atom. The molecule has 3 aliphatic rings. The minimum absolute atomic E-state index is 0.0152. The summed E-state index contributed by atoms with van der Waals surface area (Å²) in [6, 6.07) is -0.0378. The van der Waals surface area contributed by atoms with Gasteiger partial charge >= 0.3 is 6.03 Å². The zero-order chi connectivity index (χ0) is 16.9. The molecule has 0 radical (unpaired) electrons. The Labute approximate surface area is 144 Å². The van der Waals surface area contributed by atoms with Gasteiger partial charge in [0.1, 0.15) is 6.04 Å². The fraction of sp³-hybridized carbons (Fsp3) is 0.882. The Kier molecular flexibility index (Phi) is 5.94. The van der Waals surface area contributed by atoms with Crippen LogP contribution in [-0.4, -0.2) is 91.2 Å². The van der Waals surface area contributed by atoms with E-state index < -0.39 is 0 Å². The average Bonchev–Trinajstić information content (AvgIpc) is 3.08. The number of carbonyl (C=O) groups is 2. The molecule has 3 rings (SSSR count). The van der Waals surface area contributed by atoms with Crippen LogP contribution >= 0.6 is 0 Å². The number of nitrogens with one attached hydrogen (secondary N) is 1. The first-order valence-electron chi connectivity index (χ1n) is 9.35. The molecule has 0 bridgehead atoms. The molecule has 7 heteroatoms. The SMILES string of the molecule is CCNC(=O)C1CC(N2CCOCC2)CN1C(=O)N1CCCCC1. The van der Waals surface area contributed by atoms with Gasteiger partial charge in [-0.25, -0.2) is 4.79 Å². The second-order valence-electron chi connectivity index (χ2n) is 6.93. The van der Waals surface area contributed by atoms with Crippen molar-refractivity contribution in [3.63, 3.8) is 0 Å². The first kappa shape index (κ1) is 17.5. The van der Waals surface area contributed by atoms with Crippen LogP contribution in [0.15, 0.2) is 0 Å². The molecular weight excluding hydrogens is 308 g/mol. The van der Waals surface area contributed by atoms with E-state index in [9.17, 15) is 9.59 Å². The maximum absolute atomic E-state index is 13.0. The highest BCUT2D eigenvalue weighted by Gasteiger charge is 2.43. The molecule has 0 aromatic heterocycles. The highest BCUT2D eigenvalue weighted by atomic mass is 16.5. The number of carbonyl (C=O) groups excluding carboxylic acids is 2. The van der Waals surface area contributed by atoms with Gasteiger partial charge in [0.2, 0.25) is 5.91 Å². The molecule has 136 valence electrons. The van der Waals surface area contributed by atoms with Crippen LogP contribution < -0.4 is 5.32 Å². The third kappa shape index (κ3) is 3.83. The van der Waals surface area contributed by atoms with Crippen LogP contribution in [0, 0.1) is 0 Å². The smallest absolute Gasteiger partial charge is 0.320 e. The van der Waals surface area contributed by atoms with Gasteiger partial charge in [-0.2, -0.15) is 0 Å². The van der Waals surface area contributed by atoms with Gasteiger partial charge in [-0.1, -0.05) is 0 Å². The van der Waals surface area contributed by atoms with Gasteiger partial charge in [0.15, 0.2) is 0 Å². The lowest BCUT2D eigenvalue weighted by atomic mass is 10.1. The summed E-state index contributed by atoms with van der Waals surface area (Å²) in [4.78, 5) is 31.6. The van der Waals surface area contributed by atoms with E-state index in [0.717, 1.165) is 58.7 Å². The maximum Gasteiger partial charge on any atom is 0.320 e. The van der Waals surface area contributed by atoms with E-state index in [1.807, 2.05) is 16.7 Å². The summed E-state index contributed by atoms with van der Waals surface area (Å²) < 4.78 is 5.43. The summed E-state index contributed by atoms with van der Waals surface area (Å²) in [7, 11) is 0. The highest BCUT2D eigenvalue weighted by molar-refractivity contribution is 5.88. The van der Waals surface area contributed by atoms with Gasteiger partial charge in [0.05, 0.1) is 13.2 Å².